The summed E-state index contributed by atoms with van der Waals surface area (Å²) in [6, 6.07) is 0. The number of alkyl halides is 3. The van der Waals surface area contributed by atoms with E-state index in [2.05, 4.69) is 11.8 Å². The molecule has 0 aromatic carbocycles. The molecule has 96 valence electrons. The molecule has 0 aromatic heterocycles. The maximum Gasteiger partial charge on any atom is 0.389 e. The van der Waals surface area contributed by atoms with Gasteiger partial charge in [-0.3, -0.25) is 0 Å². The summed E-state index contributed by atoms with van der Waals surface area (Å²) in [4.78, 5) is 2.18. The zero-order valence-corrected chi connectivity index (χ0v) is 10.0. The van der Waals surface area contributed by atoms with Crippen molar-refractivity contribution in [1.29, 1.82) is 0 Å². The Morgan fingerprint density at radius 3 is 2.31 bits per heavy atom. The molecule has 0 radical (unpaired) electrons. The standard InChI is InChI=1S/C12H22F3N/c1-2-4-11-5-9-16(10-6-11)8-3-7-12(13,14)15/h11H,2-10H2,1H3. The van der Waals surface area contributed by atoms with Crippen LogP contribution in [0.1, 0.15) is 45.4 Å². The minimum Gasteiger partial charge on any atom is -0.303 e. The summed E-state index contributed by atoms with van der Waals surface area (Å²) in [5.74, 6) is 0.809. The number of hydrogen-bond acceptors (Lipinski definition) is 1. The Labute approximate surface area is 96.0 Å². The lowest BCUT2D eigenvalue weighted by Crippen LogP contribution is -2.34. The van der Waals surface area contributed by atoms with Gasteiger partial charge in [0.1, 0.15) is 0 Å². The van der Waals surface area contributed by atoms with E-state index in [4.69, 9.17) is 0 Å². The summed E-state index contributed by atoms with van der Waals surface area (Å²) in [6.07, 6.45) is 0.458. The van der Waals surface area contributed by atoms with Gasteiger partial charge >= 0.3 is 6.18 Å². The van der Waals surface area contributed by atoms with Crippen LogP contribution in [0.15, 0.2) is 0 Å². The van der Waals surface area contributed by atoms with Crippen molar-refractivity contribution in [1.82, 2.24) is 4.90 Å². The second kappa shape index (κ2) is 6.48. The third kappa shape index (κ3) is 5.73. The van der Waals surface area contributed by atoms with Gasteiger partial charge in [-0.1, -0.05) is 19.8 Å². The molecule has 1 aliphatic rings. The van der Waals surface area contributed by atoms with Gasteiger partial charge in [0.05, 0.1) is 0 Å². The molecule has 1 aliphatic heterocycles. The molecule has 0 aromatic rings. The molecule has 0 spiro atoms. The summed E-state index contributed by atoms with van der Waals surface area (Å²) in [5, 5.41) is 0. The highest BCUT2D eigenvalue weighted by molar-refractivity contribution is 4.72. The fourth-order valence-corrected chi connectivity index (χ4v) is 2.41. The van der Waals surface area contributed by atoms with E-state index in [-0.39, 0.29) is 6.42 Å². The van der Waals surface area contributed by atoms with Crippen LogP contribution in [-0.2, 0) is 0 Å². The number of halogens is 3. The second-order valence-corrected chi connectivity index (χ2v) is 4.79. The highest BCUT2D eigenvalue weighted by Crippen LogP contribution is 2.24. The normalized spacial score (nSPS) is 20.2. The van der Waals surface area contributed by atoms with Crippen LogP contribution < -0.4 is 0 Å². The van der Waals surface area contributed by atoms with Crippen molar-refractivity contribution in [2.75, 3.05) is 19.6 Å². The Morgan fingerprint density at radius 1 is 1.19 bits per heavy atom. The molecule has 4 heteroatoms. The number of likely N-dealkylation sites (tertiary alicyclic amines) is 1. The maximum absolute atomic E-state index is 12.0. The van der Waals surface area contributed by atoms with Gasteiger partial charge in [-0.25, -0.2) is 0 Å². The van der Waals surface area contributed by atoms with Gasteiger partial charge in [-0.05, 0) is 44.8 Å². The smallest absolute Gasteiger partial charge is 0.303 e. The maximum atomic E-state index is 12.0. The Hall–Kier alpha value is -0.250. The van der Waals surface area contributed by atoms with Crippen molar-refractivity contribution in [2.24, 2.45) is 5.92 Å². The van der Waals surface area contributed by atoms with E-state index in [0.717, 1.165) is 19.0 Å². The van der Waals surface area contributed by atoms with Crippen molar-refractivity contribution < 1.29 is 13.2 Å². The largest absolute Gasteiger partial charge is 0.389 e. The van der Waals surface area contributed by atoms with Gasteiger partial charge < -0.3 is 4.90 Å². The Kier molecular flexibility index (Phi) is 5.59. The van der Waals surface area contributed by atoms with Gasteiger partial charge in [-0.15, -0.1) is 0 Å². The summed E-state index contributed by atoms with van der Waals surface area (Å²) < 4.78 is 35.9. The molecular formula is C12H22F3N. The Bertz CT molecular complexity index is 183. The van der Waals surface area contributed by atoms with Crippen LogP contribution in [-0.4, -0.2) is 30.7 Å². The minimum atomic E-state index is -3.99. The average Bonchev–Trinajstić information content (AvgIpc) is 2.19. The quantitative estimate of drug-likeness (QED) is 0.702. The fraction of sp³-hybridized carbons (Fsp3) is 1.00. The lowest BCUT2D eigenvalue weighted by Gasteiger charge is -2.31. The second-order valence-electron chi connectivity index (χ2n) is 4.79. The van der Waals surface area contributed by atoms with Crippen LogP contribution >= 0.6 is 0 Å². The molecule has 0 N–H and O–H groups in total. The Balaban J connectivity index is 2.08. The van der Waals surface area contributed by atoms with Crippen LogP contribution in [0.4, 0.5) is 13.2 Å². The Morgan fingerprint density at radius 2 is 1.81 bits per heavy atom. The highest BCUT2D eigenvalue weighted by atomic mass is 19.4. The van der Waals surface area contributed by atoms with E-state index < -0.39 is 12.6 Å². The fourth-order valence-electron chi connectivity index (χ4n) is 2.41. The van der Waals surface area contributed by atoms with Crippen molar-refractivity contribution >= 4 is 0 Å². The van der Waals surface area contributed by atoms with Gasteiger partial charge in [0.2, 0.25) is 0 Å². The molecular weight excluding hydrogens is 215 g/mol. The summed E-state index contributed by atoms with van der Waals surface area (Å²) in [6.45, 7) is 4.78. The molecule has 0 atom stereocenters. The average molecular weight is 237 g/mol. The summed E-state index contributed by atoms with van der Waals surface area (Å²) >= 11 is 0. The van der Waals surface area contributed by atoms with Gasteiger partial charge in [0.15, 0.2) is 0 Å². The van der Waals surface area contributed by atoms with Crippen molar-refractivity contribution in [3.8, 4) is 0 Å². The molecule has 0 aliphatic carbocycles. The van der Waals surface area contributed by atoms with Gasteiger partial charge in [0, 0.05) is 6.42 Å². The molecule has 1 heterocycles. The topological polar surface area (TPSA) is 3.24 Å². The zero-order chi connectivity index (χ0) is 12.0. The molecule has 0 amide bonds. The number of hydrogen-bond donors (Lipinski definition) is 0. The number of nitrogens with zero attached hydrogens (tertiary/aromatic N) is 1. The van der Waals surface area contributed by atoms with E-state index in [9.17, 15) is 13.2 Å². The molecule has 0 saturated carbocycles. The molecule has 0 unspecified atom stereocenters. The molecule has 1 saturated heterocycles. The van der Waals surface area contributed by atoms with E-state index >= 15 is 0 Å². The van der Waals surface area contributed by atoms with Crippen LogP contribution in [0.2, 0.25) is 0 Å². The van der Waals surface area contributed by atoms with E-state index in [0.29, 0.717) is 6.54 Å². The molecule has 1 nitrogen and oxygen atoms in total. The van der Waals surface area contributed by atoms with Crippen LogP contribution in [0.3, 0.4) is 0 Å². The minimum absolute atomic E-state index is 0.252. The number of rotatable bonds is 5. The van der Waals surface area contributed by atoms with E-state index in [1.807, 2.05) is 0 Å². The van der Waals surface area contributed by atoms with Crippen molar-refractivity contribution in [2.45, 2.75) is 51.6 Å². The first kappa shape index (κ1) is 13.8. The monoisotopic (exact) mass is 237 g/mol. The first-order valence-corrected chi connectivity index (χ1v) is 6.30. The summed E-state index contributed by atoms with van der Waals surface area (Å²) in [5.41, 5.74) is 0. The van der Waals surface area contributed by atoms with Crippen molar-refractivity contribution in [3.63, 3.8) is 0 Å². The van der Waals surface area contributed by atoms with Gasteiger partial charge in [0.25, 0.3) is 0 Å². The lowest BCUT2D eigenvalue weighted by molar-refractivity contribution is -0.136. The lowest BCUT2D eigenvalue weighted by atomic mass is 9.92. The predicted octanol–water partition coefficient (Wildman–Crippen LogP) is 3.84. The zero-order valence-electron chi connectivity index (χ0n) is 10.0. The summed E-state index contributed by atoms with van der Waals surface area (Å²) in [7, 11) is 0. The molecule has 0 bridgehead atoms. The molecule has 16 heavy (non-hydrogen) atoms. The first-order chi connectivity index (χ1) is 7.51. The molecule has 1 rings (SSSR count). The van der Waals surface area contributed by atoms with Crippen LogP contribution in [0.25, 0.3) is 0 Å². The SMILES string of the molecule is CCCC1CCN(CCCC(F)(F)F)CC1. The van der Waals surface area contributed by atoms with E-state index in [1.54, 1.807) is 0 Å². The van der Waals surface area contributed by atoms with E-state index in [1.165, 1.54) is 25.7 Å². The predicted molar refractivity (Wildman–Crippen MR) is 59.4 cm³/mol. The third-order valence-electron chi connectivity index (χ3n) is 3.34. The van der Waals surface area contributed by atoms with Crippen LogP contribution in [0, 0.1) is 5.92 Å². The first-order valence-electron chi connectivity index (χ1n) is 6.30. The highest BCUT2D eigenvalue weighted by Gasteiger charge is 2.27. The number of piperidine rings is 1. The van der Waals surface area contributed by atoms with Crippen molar-refractivity contribution in [3.05, 3.63) is 0 Å². The van der Waals surface area contributed by atoms with Gasteiger partial charge in [-0.2, -0.15) is 13.2 Å². The van der Waals surface area contributed by atoms with Crippen LogP contribution in [0.5, 0.6) is 0 Å². The molecule has 1 fully saturated rings. The third-order valence-corrected chi connectivity index (χ3v) is 3.34.